The van der Waals surface area contributed by atoms with E-state index in [0.717, 1.165) is 29.7 Å². The van der Waals surface area contributed by atoms with E-state index in [9.17, 15) is 0 Å². The summed E-state index contributed by atoms with van der Waals surface area (Å²) in [6, 6.07) is 16.6. The third-order valence-corrected chi connectivity index (χ3v) is 6.16. The van der Waals surface area contributed by atoms with E-state index in [0.29, 0.717) is 12.5 Å². The molecule has 3 atom stereocenters. The zero-order valence-electron chi connectivity index (χ0n) is 16.5. The van der Waals surface area contributed by atoms with Gasteiger partial charge in [0.2, 0.25) is 5.95 Å². The molecule has 2 aliphatic rings. The molecule has 30 heavy (non-hydrogen) atoms. The highest BCUT2D eigenvalue weighted by molar-refractivity contribution is 6.30. The van der Waals surface area contributed by atoms with E-state index >= 15 is 0 Å². The smallest absolute Gasteiger partial charge is 0.225 e. The molecule has 3 aromatic rings. The van der Waals surface area contributed by atoms with Gasteiger partial charge in [-0.1, -0.05) is 36.4 Å². The summed E-state index contributed by atoms with van der Waals surface area (Å²) < 4.78 is 5.67. The summed E-state index contributed by atoms with van der Waals surface area (Å²) in [6.45, 7) is 5.08. The molecule has 2 aromatic carbocycles. The fourth-order valence-electron chi connectivity index (χ4n) is 4.66. The fourth-order valence-corrected chi connectivity index (χ4v) is 4.84. The zero-order valence-corrected chi connectivity index (χ0v) is 17.3. The lowest BCUT2D eigenvalue weighted by atomic mass is 9.81. The number of piperidine rings is 1. The fraction of sp³-hybridized carbons (Fsp3) is 0.250. The van der Waals surface area contributed by atoms with Crippen molar-refractivity contribution < 1.29 is 4.74 Å². The molecule has 2 aliphatic heterocycles. The summed E-state index contributed by atoms with van der Waals surface area (Å²) >= 11 is 6.31. The first-order valence-electron chi connectivity index (χ1n) is 10.2. The van der Waals surface area contributed by atoms with Crippen LogP contribution >= 0.6 is 11.6 Å². The van der Waals surface area contributed by atoms with Gasteiger partial charge in [0.25, 0.3) is 0 Å². The Morgan fingerprint density at radius 3 is 2.73 bits per heavy atom. The van der Waals surface area contributed by atoms with Gasteiger partial charge < -0.3 is 15.0 Å². The molecule has 3 heterocycles. The van der Waals surface area contributed by atoms with Gasteiger partial charge in [0.15, 0.2) is 0 Å². The number of aromatic nitrogens is 2. The highest BCUT2D eigenvalue weighted by Crippen LogP contribution is 2.49. The highest BCUT2D eigenvalue weighted by Gasteiger charge is 2.45. The van der Waals surface area contributed by atoms with Crippen molar-refractivity contribution in [1.29, 1.82) is 0 Å². The summed E-state index contributed by atoms with van der Waals surface area (Å²) in [5, 5.41) is 4.54. The minimum absolute atomic E-state index is 0.0887. The molecule has 1 aromatic heterocycles. The normalized spacial score (nSPS) is 22.0. The topological polar surface area (TPSA) is 50.3 Å². The average Bonchev–Trinajstić information content (AvgIpc) is 3.16. The molecule has 1 saturated heterocycles. The quantitative estimate of drug-likeness (QED) is 0.575. The van der Waals surface area contributed by atoms with Gasteiger partial charge in [0, 0.05) is 35.6 Å². The molecule has 0 radical (unpaired) electrons. The molecule has 0 aliphatic carbocycles. The molecular weight excluding hydrogens is 396 g/mol. The molecule has 0 amide bonds. The lowest BCUT2D eigenvalue weighted by Crippen LogP contribution is -2.47. The van der Waals surface area contributed by atoms with E-state index in [1.165, 1.54) is 16.8 Å². The largest absolute Gasteiger partial charge is 0.490 e. The minimum atomic E-state index is 0.0887. The monoisotopic (exact) mass is 418 g/mol. The minimum Gasteiger partial charge on any atom is -0.490 e. The number of anilines is 2. The van der Waals surface area contributed by atoms with Gasteiger partial charge in [-0.25, -0.2) is 9.97 Å². The predicted molar refractivity (Wildman–Crippen MR) is 120 cm³/mol. The van der Waals surface area contributed by atoms with E-state index in [2.05, 4.69) is 51.0 Å². The Balaban J connectivity index is 1.53. The molecule has 152 valence electrons. The van der Waals surface area contributed by atoms with Crippen LogP contribution in [0.25, 0.3) is 0 Å². The number of ether oxygens (including phenoxy) is 1. The van der Waals surface area contributed by atoms with Crippen molar-refractivity contribution in [1.82, 2.24) is 9.97 Å². The van der Waals surface area contributed by atoms with Crippen LogP contribution in [0.3, 0.4) is 0 Å². The summed E-state index contributed by atoms with van der Waals surface area (Å²) in [4.78, 5) is 11.4. The van der Waals surface area contributed by atoms with Crippen molar-refractivity contribution in [3.05, 3.63) is 89.7 Å². The number of nitrogens with zero attached hydrogens (tertiary/aromatic N) is 3. The summed E-state index contributed by atoms with van der Waals surface area (Å²) in [5.74, 6) is 1.98. The Morgan fingerprint density at radius 1 is 1.17 bits per heavy atom. The van der Waals surface area contributed by atoms with Gasteiger partial charge in [-0.05, 0) is 53.9 Å². The van der Waals surface area contributed by atoms with Gasteiger partial charge in [-0.2, -0.15) is 0 Å². The van der Waals surface area contributed by atoms with Gasteiger partial charge in [-0.15, -0.1) is 0 Å². The molecule has 1 fully saturated rings. The van der Waals surface area contributed by atoms with Crippen molar-refractivity contribution in [2.24, 2.45) is 0 Å². The number of fused-ring (bicyclic) bond motifs is 3. The molecule has 0 bridgehead atoms. The number of nitrogens with one attached hydrogen (secondary N) is 1. The Kier molecular flexibility index (Phi) is 5.05. The van der Waals surface area contributed by atoms with E-state index in [-0.39, 0.29) is 12.1 Å². The van der Waals surface area contributed by atoms with E-state index in [1.54, 1.807) is 18.5 Å². The molecule has 0 saturated carbocycles. The van der Waals surface area contributed by atoms with Crippen LogP contribution in [0, 0.1) is 0 Å². The van der Waals surface area contributed by atoms with Crippen LogP contribution in [0.4, 0.5) is 11.6 Å². The standard InChI is InChI=1S/C24H23ClN4O/c1-2-14-30-18-7-4-16(5-8-18)23-22-19(20-15-17(25)6-9-21(20)28-22)10-13-29(23)24-26-11-3-12-27-24/h2-9,11-12,15,19,22-23,28H,1,10,13-14H2/t19?,22?,23-/m0/s1. The molecule has 5 nitrogen and oxygen atoms in total. The summed E-state index contributed by atoms with van der Waals surface area (Å²) in [6.07, 6.45) is 6.36. The highest BCUT2D eigenvalue weighted by atomic mass is 35.5. The first-order valence-corrected chi connectivity index (χ1v) is 10.6. The number of rotatable bonds is 5. The van der Waals surface area contributed by atoms with Crippen molar-refractivity contribution in [3.63, 3.8) is 0 Å². The summed E-state index contributed by atoms with van der Waals surface area (Å²) in [5.41, 5.74) is 3.67. The maximum Gasteiger partial charge on any atom is 0.225 e. The lowest BCUT2D eigenvalue weighted by molar-refractivity contribution is 0.362. The third-order valence-electron chi connectivity index (χ3n) is 5.92. The van der Waals surface area contributed by atoms with Crippen LogP contribution in [0.2, 0.25) is 5.02 Å². The van der Waals surface area contributed by atoms with Crippen LogP contribution in [0.15, 0.2) is 73.6 Å². The predicted octanol–water partition coefficient (Wildman–Crippen LogP) is 5.22. The van der Waals surface area contributed by atoms with E-state index in [4.69, 9.17) is 16.3 Å². The molecule has 1 N–H and O–H groups in total. The summed E-state index contributed by atoms with van der Waals surface area (Å²) in [7, 11) is 0. The number of benzene rings is 2. The zero-order chi connectivity index (χ0) is 20.5. The van der Waals surface area contributed by atoms with Crippen LogP contribution in [0.1, 0.15) is 29.5 Å². The van der Waals surface area contributed by atoms with E-state index < -0.39 is 0 Å². The van der Waals surface area contributed by atoms with Crippen LogP contribution in [-0.2, 0) is 0 Å². The van der Waals surface area contributed by atoms with Crippen LogP contribution < -0.4 is 15.0 Å². The molecule has 0 spiro atoms. The Hall–Kier alpha value is -3.05. The molecule has 2 unspecified atom stereocenters. The van der Waals surface area contributed by atoms with Crippen molar-refractivity contribution in [3.8, 4) is 5.75 Å². The van der Waals surface area contributed by atoms with Crippen molar-refractivity contribution in [2.75, 3.05) is 23.4 Å². The van der Waals surface area contributed by atoms with Gasteiger partial charge in [0.05, 0.1) is 12.1 Å². The van der Waals surface area contributed by atoms with E-state index in [1.807, 2.05) is 24.3 Å². The van der Waals surface area contributed by atoms with Crippen LogP contribution in [0.5, 0.6) is 5.75 Å². The first-order chi connectivity index (χ1) is 14.7. The lowest BCUT2D eigenvalue weighted by Gasteiger charge is -2.43. The van der Waals surface area contributed by atoms with Crippen LogP contribution in [-0.4, -0.2) is 29.2 Å². The van der Waals surface area contributed by atoms with Crippen molar-refractivity contribution in [2.45, 2.75) is 24.4 Å². The number of halogens is 1. The molecular formula is C24H23ClN4O. The van der Waals surface area contributed by atoms with Gasteiger partial charge in [0.1, 0.15) is 12.4 Å². The maximum absolute atomic E-state index is 6.31. The van der Waals surface area contributed by atoms with Crippen molar-refractivity contribution >= 4 is 23.2 Å². The SMILES string of the molecule is C=CCOc1ccc([C@H]2C3Nc4ccc(Cl)cc4C3CCN2c2ncccn2)cc1. The number of hydrogen-bond donors (Lipinski definition) is 1. The Bertz CT molecular complexity index is 1040. The second kappa shape index (κ2) is 8.00. The average molecular weight is 419 g/mol. The third kappa shape index (κ3) is 3.39. The van der Waals surface area contributed by atoms with Gasteiger partial charge in [-0.3, -0.25) is 0 Å². The Labute approximate surface area is 181 Å². The second-order valence-electron chi connectivity index (χ2n) is 7.65. The molecule has 5 rings (SSSR count). The second-order valence-corrected chi connectivity index (χ2v) is 8.09. The molecule has 6 heteroatoms. The Morgan fingerprint density at radius 2 is 1.97 bits per heavy atom. The maximum atomic E-state index is 6.31. The van der Waals surface area contributed by atoms with Gasteiger partial charge >= 0.3 is 0 Å². The number of hydrogen-bond acceptors (Lipinski definition) is 5. The first kappa shape index (κ1) is 18.9.